The fourth-order valence-corrected chi connectivity index (χ4v) is 6.23. The maximum atomic E-state index is 13.2. The second kappa shape index (κ2) is 9.86. The van der Waals surface area contributed by atoms with Crippen LogP contribution in [-0.4, -0.2) is 26.9 Å². The Morgan fingerprint density at radius 1 is 0.935 bits per heavy atom. The van der Waals surface area contributed by atoms with Crippen molar-refractivity contribution < 1.29 is 13.2 Å². The number of benzene rings is 2. The zero-order chi connectivity index (χ0) is 21.7. The van der Waals surface area contributed by atoms with Crippen LogP contribution in [0.1, 0.15) is 62.5 Å². The molecule has 1 saturated carbocycles. The van der Waals surface area contributed by atoms with Crippen LogP contribution in [0, 0.1) is 0 Å². The molecular formula is C25H32N2O3S. The normalized spacial score (nSPS) is 17.6. The number of sulfonamides is 1. The van der Waals surface area contributed by atoms with Gasteiger partial charge in [0.2, 0.25) is 5.91 Å². The summed E-state index contributed by atoms with van der Waals surface area (Å²) in [6.45, 7) is 0.502. The summed E-state index contributed by atoms with van der Waals surface area (Å²) in [5.74, 6) is 0.0912. The summed E-state index contributed by atoms with van der Waals surface area (Å²) in [7, 11) is -3.59. The van der Waals surface area contributed by atoms with Gasteiger partial charge in [-0.2, -0.15) is 0 Å². The first-order valence-electron chi connectivity index (χ1n) is 11.5. The van der Waals surface area contributed by atoms with Crippen molar-refractivity contribution in [2.45, 2.75) is 75.1 Å². The molecule has 0 aromatic heterocycles. The van der Waals surface area contributed by atoms with Gasteiger partial charge in [0.25, 0.3) is 10.0 Å². The quantitative estimate of drug-likeness (QED) is 0.668. The lowest BCUT2D eigenvalue weighted by Crippen LogP contribution is -2.35. The number of carbonyl (C=O) groups excluding carboxylic acids is 1. The number of nitrogens with one attached hydrogen (secondary N) is 1. The predicted molar refractivity (Wildman–Crippen MR) is 124 cm³/mol. The summed E-state index contributed by atoms with van der Waals surface area (Å²) in [4.78, 5) is 12.6. The summed E-state index contributed by atoms with van der Waals surface area (Å²) < 4.78 is 28.0. The summed E-state index contributed by atoms with van der Waals surface area (Å²) in [5, 5.41) is 3.18. The van der Waals surface area contributed by atoms with E-state index in [1.807, 2.05) is 36.4 Å². The van der Waals surface area contributed by atoms with Crippen LogP contribution in [0.4, 0.5) is 5.69 Å². The molecule has 2 aromatic rings. The van der Waals surface area contributed by atoms with Crippen LogP contribution in [-0.2, 0) is 27.7 Å². The van der Waals surface area contributed by atoms with Crippen molar-refractivity contribution in [3.63, 3.8) is 0 Å². The van der Waals surface area contributed by atoms with E-state index in [1.165, 1.54) is 30.0 Å². The minimum atomic E-state index is -3.59. The largest absolute Gasteiger partial charge is 0.353 e. The van der Waals surface area contributed by atoms with E-state index in [4.69, 9.17) is 0 Å². The molecule has 1 aliphatic heterocycles. The summed E-state index contributed by atoms with van der Waals surface area (Å²) in [5.41, 5.74) is 2.84. The highest BCUT2D eigenvalue weighted by molar-refractivity contribution is 7.92. The molecule has 0 spiro atoms. The smallest absolute Gasteiger partial charge is 0.264 e. The van der Waals surface area contributed by atoms with Gasteiger partial charge in [-0.25, -0.2) is 8.42 Å². The highest BCUT2D eigenvalue weighted by atomic mass is 32.2. The Bertz CT molecular complexity index is 994. The van der Waals surface area contributed by atoms with Gasteiger partial charge >= 0.3 is 0 Å². The van der Waals surface area contributed by atoms with Crippen molar-refractivity contribution in [2.24, 2.45) is 0 Å². The molecule has 0 saturated heterocycles. The van der Waals surface area contributed by atoms with E-state index >= 15 is 0 Å². The Kier molecular flexibility index (Phi) is 6.96. The fraction of sp³-hybridized carbons (Fsp3) is 0.480. The number of aryl methyl sites for hydroxylation is 2. The van der Waals surface area contributed by atoms with Gasteiger partial charge in [0.05, 0.1) is 10.6 Å². The Balaban J connectivity index is 1.37. The molecule has 31 heavy (non-hydrogen) atoms. The van der Waals surface area contributed by atoms with E-state index in [1.54, 1.807) is 12.1 Å². The van der Waals surface area contributed by atoms with Gasteiger partial charge in [-0.05, 0) is 61.4 Å². The average Bonchev–Trinajstić information content (AvgIpc) is 3.06. The van der Waals surface area contributed by atoms with Crippen LogP contribution in [0.2, 0.25) is 0 Å². The molecular weight excluding hydrogens is 408 g/mol. The van der Waals surface area contributed by atoms with Crippen LogP contribution in [0.5, 0.6) is 0 Å². The van der Waals surface area contributed by atoms with Gasteiger partial charge in [0.1, 0.15) is 0 Å². The van der Waals surface area contributed by atoms with Crippen LogP contribution in [0.15, 0.2) is 53.4 Å². The number of anilines is 1. The first-order valence-corrected chi connectivity index (χ1v) is 13.0. The molecule has 1 N–H and O–H groups in total. The van der Waals surface area contributed by atoms with E-state index in [0.717, 1.165) is 42.5 Å². The standard InChI is InChI=1S/C25H32N2O3S/c28-25(26-22-10-3-1-2-4-11-22)18-15-20-13-16-23(17-14-20)31(29,30)27-19-7-9-21-8-5-6-12-24(21)27/h5-6,8,12-14,16-17,22H,1-4,7,9-11,15,18-19H2,(H,26,28). The van der Waals surface area contributed by atoms with Crippen LogP contribution in [0.3, 0.4) is 0 Å². The van der Waals surface area contributed by atoms with Crippen molar-refractivity contribution in [2.75, 3.05) is 10.8 Å². The molecule has 0 atom stereocenters. The predicted octanol–water partition coefficient (Wildman–Crippen LogP) is 4.60. The molecule has 166 valence electrons. The lowest BCUT2D eigenvalue weighted by molar-refractivity contribution is -0.121. The summed E-state index contributed by atoms with van der Waals surface area (Å²) in [6.07, 6.45) is 9.87. The molecule has 1 aliphatic carbocycles. The minimum absolute atomic E-state index is 0.0912. The number of amides is 1. The number of para-hydroxylation sites is 1. The molecule has 2 aliphatic rings. The lowest BCUT2D eigenvalue weighted by atomic mass is 10.0. The number of fused-ring (bicyclic) bond motifs is 1. The third-order valence-corrected chi connectivity index (χ3v) is 8.27. The van der Waals surface area contributed by atoms with Gasteiger partial charge in [0, 0.05) is 19.0 Å². The second-order valence-electron chi connectivity index (χ2n) is 8.71. The topological polar surface area (TPSA) is 66.5 Å². The summed E-state index contributed by atoms with van der Waals surface area (Å²) in [6, 6.07) is 15.0. The zero-order valence-corrected chi connectivity index (χ0v) is 18.9. The van der Waals surface area contributed by atoms with Gasteiger partial charge in [-0.15, -0.1) is 0 Å². The highest BCUT2D eigenvalue weighted by Gasteiger charge is 2.28. The van der Waals surface area contributed by atoms with Crippen LogP contribution < -0.4 is 9.62 Å². The first-order chi connectivity index (χ1) is 15.0. The summed E-state index contributed by atoms with van der Waals surface area (Å²) >= 11 is 0. The van der Waals surface area contributed by atoms with Crippen molar-refractivity contribution >= 4 is 21.6 Å². The number of rotatable bonds is 6. The SMILES string of the molecule is O=C(CCc1ccc(S(=O)(=O)N2CCCc3ccccc32)cc1)NC1CCCCCC1. The monoisotopic (exact) mass is 440 g/mol. The minimum Gasteiger partial charge on any atom is -0.353 e. The molecule has 1 fully saturated rings. The van der Waals surface area contributed by atoms with Crippen molar-refractivity contribution in [1.82, 2.24) is 5.32 Å². The first kappa shape index (κ1) is 21.9. The maximum absolute atomic E-state index is 13.2. The van der Waals surface area contributed by atoms with E-state index in [-0.39, 0.29) is 5.91 Å². The van der Waals surface area contributed by atoms with Crippen LogP contribution in [0.25, 0.3) is 0 Å². The number of nitrogens with zero attached hydrogens (tertiary/aromatic N) is 1. The van der Waals surface area contributed by atoms with E-state index in [2.05, 4.69) is 5.32 Å². The van der Waals surface area contributed by atoms with E-state index in [0.29, 0.717) is 30.3 Å². The van der Waals surface area contributed by atoms with Crippen molar-refractivity contribution in [1.29, 1.82) is 0 Å². The molecule has 2 aromatic carbocycles. The van der Waals surface area contributed by atoms with E-state index < -0.39 is 10.0 Å². The van der Waals surface area contributed by atoms with Crippen molar-refractivity contribution in [3.05, 3.63) is 59.7 Å². The Labute approximate surface area is 185 Å². The van der Waals surface area contributed by atoms with Gasteiger partial charge in [-0.3, -0.25) is 9.10 Å². The third kappa shape index (κ3) is 5.29. The average molecular weight is 441 g/mol. The lowest BCUT2D eigenvalue weighted by Gasteiger charge is -2.30. The van der Waals surface area contributed by atoms with Gasteiger partial charge in [-0.1, -0.05) is 56.0 Å². The maximum Gasteiger partial charge on any atom is 0.264 e. The third-order valence-electron chi connectivity index (χ3n) is 6.44. The number of hydrogen-bond acceptors (Lipinski definition) is 3. The molecule has 1 heterocycles. The zero-order valence-electron chi connectivity index (χ0n) is 18.1. The second-order valence-corrected chi connectivity index (χ2v) is 10.6. The number of carbonyl (C=O) groups is 1. The molecule has 4 rings (SSSR count). The Morgan fingerprint density at radius 2 is 1.65 bits per heavy atom. The van der Waals surface area contributed by atoms with Crippen LogP contribution >= 0.6 is 0 Å². The Morgan fingerprint density at radius 3 is 2.39 bits per heavy atom. The molecule has 0 radical (unpaired) electrons. The Hall–Kier alpha value is -2.34. The molecule has 0 unspecified atom stereocenters. The fourth-order valence-electron chi connectivity index (χ4n) is 4.69. The molecule has 6 heteroatoms. The van der Waals surface area contributed by atoms with Crippen molar-refractivity contribution in [3.8, 4) is 0 Å². The molecule has 5 nitrogen and oxygen atoms in total. The number of hydrogen-bond donors (Lipinski definition) is 1. The van der Waals surface area contributed by atoms with Gasteiger partial charge < -0.3 is 5.32 Å². The van der Waals surface area contributed by atoms with Gasteiger partial charge in [0.15, 0.2) is 0 Å². The molecule has 1 amide bonds. The van der Waals surface area contributed by atoms with E-state index in [9.17, 15) is 13.2 Å². The highest BCUT2D eigenvalue weighted by Crippen LogP contribution is 2.31. The molecule has 0 bridgehead atoms.